The zero-order chi connectivity index (χ0) is 14.7. The first-order valence-corrected chi connectivity index (χ1v) is 6.85. The number of hydrogen-bond acceptors (Lipinski definition) is 2. The monoisotopic (exact) mass is 336 g/mol. The number of aryl methyl sites for hydroxylation is 1. The Kier molecular flexibility index (Phi) is 4.39. The van der Waals surface area contributed by atoms with Crippen LogP contribution < -0.4 is 11.1 Å². The van der Waals surface area contributed by atoms with E-state index < -0.39 is 11.7 Å². The molecular weight excluding hydrogens is 323 g/mol. The summed E-state index contributed by atoms with van der Waals surface area (Å²) in [7, 11) is 0. The molecule has 104 valence electrons. The van der Waals surface area contributed by atoms with Gasteiger partial charge in [-0.2, -0.15) is 0 Å². The second-order valence-electron chi connectivity index (χ2n) is 4.50. The third-order valence-electron chi connectivity index (χ3n) is 2.97. The van der Waals surface area contributed by atoms with E-state index in [-0.39, 0.29) is 11.3 Å². The molecule has 0 aromatic heterocycles. The van der Waals surface area contributed by atoms with Gasteiger partial charge in [-0.3, -0.25) is 4.79 Å². The maximum absolute atomic E-state index is 13.7. The fourth-order valence-corrected chi connectivity index (χ4v) is 2.18. The molecule has 0 atom stereocenters. The van der Waals surface area contributed by atoms with E-state index in [0.29, 0.717) is 6.54 Å². The van der Waals surface area contributed by atoms with Crippen molar-refractivity contribution in [1.29, 1.82) is 0 Å². The molecule has 0 spiro atoms. The summed E-state index contributed by atoms with van der Waals surface area (Å²) in [5.41, 5.74) is 7.86. The summed E-state index contributed by atoms with van der Waals surface area (Å²) < 4.78 is 14.7. The lowest BCUT2D eigenvalue weighted by atomic mass is 10.1. The fraction of sp³-hybridized carbons (Fsp3) is 0.133. The molecule has 1 amide bonds. The summed E-state index contributed by atoms with van der Waals surface area (Å²) in [5.74, 6) is -0.993. The standard InChI is InChI=1S/C15H14BrFN2O/c1-9-2-3-10(6-12(9)16)8-19-14-7-11(15(18)20)4-5-13(14)17/h2-7,19H,8H2,1H3,(H2,18,20). The van der Waals surface area contributed by atoms with Gasteiger partial charge in [0.05, 0.1) is 5.69 Å². The van der Waals surface area contributed by atoms with E-state index in [4.69, 9.17) is 5.73 Å². The van der Waals surface area contributed by atoms with E-state index in [9.17, 15) is 9.18 Å². The van der Waals surface area contributed by atoms with Gasteiger partial charge in [0.2, 0.25) is 5.91 Å². The van der Waals surface area contributed by atoms with Crippen molar-refractivity contribution in [2.45, 2.75) is 13.5 Å². The first-order chi connectivity index (χ1) is 9.47. The number of carbonyl (C=O) groups is 1. The number of hydrogen-bond donors (Lipinski definition) is 2. The third-order valence-corrected chi connectivity index (χ3v) is 3.82. The summed E-state index contributed by atoms with van der Waals surface area (Å²) in [4.78, 5) is 11.1. The summed E-state index contributed by atoms with van der Waals surface area (Å²) in [6, 6.07) is 9.93. The van der Waals surface area contributed by atoms with Gasteiger partial charge >= 0.3 is 0 Å². The van der Waals surface area contributed by atoms with Crippen molar-refractivity contribution in [3.63, 3.8) is 0 Å². The minimum Gasteiger partial charge on any atom is -0.379 e. The van der Waals surface area contributed by atoms with Crippen molar-refractivity contribution < 1.29 is 9.18 Å². The van der Waals surface area contributed by atoms with Crippen molar-refractivity contribution in [3.8, 4) is 0 Å². The van der Waals surface area contributed by atoms with Crippen LogP contribution in [0.3, 0.4) is 0 Å². The van der Waals surface area contributed by atoms with Gasteiger partial charge in [-0.1, -0.05) is 28.1 Å². The van der Waals surface area contributed by atoms with E-state index in [2.05, 4.69) is 21.2 Å². The molecule has 0 aliphatic carbocycles. The maximum Gasteiger partial charge on any atom is 0.248 e. The molecule has 0 fully saturated rings. The molecule has 0 saturated heterocycles. The van der Waals surface area contributed by atoms with Crippen LogP contribution >= 0.6 is 15.9 Å². The van der Waals surface area contributed by atoms with E-state index in [1.54, 1.807) is 0 Å². The van der Waals surface area contributed by atoms with Crippen molar-refractivity contribution in [2.75, 3.05) is 5.32 Å². The molecule has 0 saturated carbocycles. The Balaban J connectivity index is 2.15. The van der Waals surface area contributed by atoms with E-state index in [0.717, 1.165) is 15.6 Å². The molecule has 0 heterocycles. The van der Waals surface area contributed by atoms with Crippen LogP contribution in [0.1, 0.15) is 21.5 Å². The molecule has 3 nitrogen and oxygen atoms in total. The van der Waals surface area contributed by atoms with Crippen molar-refractivity contribution in [2.24, 2.45) is 5.73 Å². The number of amides is 1. The molecule has 2 rings (SSSR count). The number of benzene rings is 2. The molecule has 20 heavy (non-hydrogen) atoms. The maximum atomic E-state index is 13.7. The Hall–Kier alpha value is -1.88. The number of nitrogens with one attached hydrogen (secondary N) is 1. The highest BCUT2D eigenvalue weighted by molar-refractivity contribution is 9.10. The highest BCUT2D eigenvalue weighted by Gasteiger charge is 2.07. The third kappa shape index (κ3) is 3.36. The number of primary amides is 1. The quantitative estimate of drug-likeness (QED) is 0.896. The number of nitrogens with two attached hydrogens (primary N) is 1. The highest BCUT2D eigenvalue weighted by Crippen LogP contribution is 2.20. The highest BCUT2D eigenvalue weighted by atomic mass is 79.9. The zero-order valence-electron chi connectivity index (χ0n) is 10.9. The molecule has 0 unspecified atom stereocenters. The number of carbonyl (C=O) groups excluding carboxylic acids is 1. The van der Waals surface area contributed by atoms with Crippen LogP contribution in [-0.4, -0.2) is 5.91 Å². The number of halogens is 2. The molecule has 2 aromatic rings. The lowest BCUT2D eigenvalue weighted by Crippen LogP contribution is -2.12. The van der Waals surface area contributed by atoms with Crippen LogP contribution in [0.4, 0.5) is 10.1 Å². The van der Waals surface area contributed by atoms with Crippen LogP contribution in [0.25, 0.3) is 0 Å². The Labute approximate surface area is 125 Å². The minimum atomic E-state index is -0.578. The Morgan fingerprint density at radius 3 is 2.70 bits per heavy atom. The van der Waals surface area contributed by atoms with Crippen molar-refractivity contribution in [1.82, 2.24) is 0 Å². The van der Waals surface area contributed by atoms with Crippen LogP contribution in [0.15, 0.2) is 40.9 Å². The lowest BCUT2D eigenvalue weighted by Gasteiger charge is -2.10. The molecular formula is C15H14BrFN2O. The molecule has 0 aliphatic rings. The second-order valence-corrected chi connectivity index (χ2v) is 5.35. The largest absolute Gasteiger partial charge is 0.379 e. The summed E-state index contributed by atoms with van der Waals surface area (Å²) in [6.45, 7) is 2.45. The zero-order valence-corrected chi connectivity index (χ0v) is 12.5. The summed E-state index contributed by atoms with van der Waals surface area (Å²) in [6.07, 6.45) is 0. The van der Waals surface area contributed by atoms with Gasteiger partial charge in [0.25, 0.3) is 0 Å². The van der Waals surface area contributed by atoms with Gasteiger partial charge in [-0.25, -0.2) is 4.39 Å². The van der Waals surface area contributed by atoms with Gasteiger partial charge in [-0.05, 0) is 42.3 Å². The second kappa shape index (κ2) is 6.05. The van der Waals surface area contributed by atoms with Gasteiger partial charge in [0.15, 0.2) is 0 Å². The van der Waals surface area contributed by atoms with E-state index in [1.807, 2.05) is 25.1 Å². The van der Waals surface area contributed by atoms with Crippen molar-refractivity contribution in [3.05, 3.63) is 63.4 Å². The fourth-order valence-electron chi connectivity index (χ4n) is 1.76. The van der Waals surface area contributed by atoms with Gasteiger partial charge in [0, 0.05) is 16.6 Å². The summed E-state index contributed by atoms with van der Waals surface area (Å²) >= 11 is 3.45. The average molecular weight is 337 g/mol. The number of rotatable bonds is 4. The van der Waals surface area contributed by atoms with Gasteiger partial charge in [-0.15, -0.1) is 0 Å². The van der Waals surface area contributed by atoms with E-state index in [1.165, 1.54) is 18.2 Å². The molecule has 3 N–H and O–H groups in total. The Morgan fingerprint density at radius 2 is 2.05 bits per heavy atom. The van der Waals surface area contributed by atoms with Crippen LogP contribution in [0.2, 0.25) is 0 Å². The topological polar surface area (TPSA) is 55.1 Å². The van der Waals surface area contributed by atoms with Crippen molar-refractivity contribution >= 4 is 27.5 Å². The SMILES string of the molecule is Cc1ccc(CNc2cc(C(N)=O)ccc2F)cc1Br. The normalized spacial score (nSPS) is 10.3. The predicted octanol–water partition coefficient (Wildman–Crippen LogP) is 3.61. The summed E-state index contributed by atoms with van der Waals surface area (Å²) in [5, 5.41) is 2.97. The van der Waals surface area contributed by atoms with Crippen LogP contribution in [-0.2, 0) is 6.54 Å². The average Bonchev–Trinajstić information content (AvgIpc) is 2.41. The predicted molar refractivity (Wildman–Crippen MR) is 81.1 cm³/mol. The number of anilines is 1. The molecule has 2 aromatic carbocycles. The first kappa shape index (κ1) is 14.5. The smallest absolute Gasteiger partial charge is 0.248 e. The minimum absolute atomic E-state index is 0.262. The molecule has 0 aliphatic heterocycles. The first-order valence-electron chi connectivity index (χ1n) is 6.05. The molecule has 5 heteroatoms. The van der Waals surface area contributed by atoms with Crippen LogP contribution in [0, 0.1) is 12.7 Å². The Morgan fingerprint density at radius 1 is 1.30 bits per heavy atom. The Bertz CT molecular complexity index is 658. The van der Waals surface area contributed by atoms with Gasteiger partial charge in [0.1, 0.15) is 5.82 Å². The molecule has 0 radical (unpaired) electrons. The lowest BCUT2D eigenvalue weighted by molar-refractivity contribution is 0.100. The van der Waals surface area contributed by atoms with E-state index >= 15 is 0 Å². The van der Waals surface area contributed by atoms with Crippen LogP contribution in [0.5, 0.6) is 0 Å². The van der Waals surface area contributed by atoms with Gasteiger partial charge < -0.3 is 11.1 Å². The molecule has 0 bridgehead atoms.